The van der Waals surface area contributed by atoms with Gasteiger partial charge in [-0.15, -0.1) is 0 Å². The second kappa shape index (κ2) is 12.9. The fourth-order valence-corrected chi connectivity index (χ4v) is 3.26. The van der Waals surface area contributed by atoms with Crippen LogP contribution in [0, 0.1) is 11.3 Å². The predicted molar refractivity (Wildman–Crippen MR) is 132 cm³/mol. The third-order valence-corrected chi connectivity index (χ3v) is 5.21. The number of carbonyl (C=O) groups is 1. The van der Waals surface area contributed by atoms with Gasteiger partial charge in [-0.25, -0.2) is 4.79 Å². The summed E-state index contributed by atoms with van der Waals surface area (Å²) in [5, 5.41) is 8.84. The summed E-state index contributed by atoms with van der Waals surface area (Å²) in [5.74, 6) is 0.871. The molecule has 4 nitrogen and oxygen atoms in total. The monoisotopic (exact) mass is 439 g/mol. The number of ether oxygens (including phenoxy) is 2. The molecule has 0 atom stereocenters. The molecule has 0 saturated carbocycles. The van der Waals surface area contributed by atoms with Crippen molar-refractivity contribution in [3.05, 3.63) is 95.1 Å². The standard InChI is InChI=1S/C29H29NO3/c1-2-3-4-5-6-21-32-27-17-11-24(12-18-27)8-7-23-9-15-26(16-10-23)29(31)33-28-19-13-25(22-30)14-20-28/h7-20H,2-6,21H2,1H3. The van der Waals surface area contributed by atoms with Crippen molar-refractivity contribution < 1.29 is 14.3 Å². The first-order valence-electron chi connectivity index (χ1n) is 11.4. The Morgan fingerprint density at radius 1 is 0.788 bits per heavy atom. The molecule has 0 aliphatic carbocycles. The second-order valence-corrected chi connectivity index (χ2v) is 7.81. The second-order valence-electron chi connectivity index (χ2n) is 7.81. The average Bonchev–Trinajstić information content (AvgIpc) is 2.86. The number of esters is 1. The van der Waals surface area contributed by atoms with E-state index in [-0.39, 0.29) is 0 Å². The van der Waals surface area contributed by atoms with Gasteiger partial charge < -0.3 is 9.47 Å². The quantitative estimate of drug-likeness (QED) is 0.136. The van der Waals surface area contributed by atoms with Gasteiger partial charge >= 0.3 is 5.97 Å². The molecule has 0 aliphatic rings. The van der Waals surface area contributed by atoms with Gasteiger partial charge in [0.15, 0.2) is 0 Å². The highest BCUT2D eigenvalue weighted by molar-refractivity contribution is 5.91. The lowest BCUT2D eigenvalue weighted by Gasteiger charge is -2.06. The van der Waals surface area contributed by atoms with Crippen molar-refractivity contribution in [1.82, 2.24) is 0 Å². The van der Waals surface area contributed by atoms with Crippen LogP contribution in [0.25, 0.3) is 12.2 Å². The maximum atomic E-state index is 12.3. The largest absolute Gasteiger partial charge is 0.494 e. The van der Waals surface area contributed by atoms with E-state index in [2.05, 4.69) is 6.92 Å². The number of nitrogens with zero attached hydrogens (tertiary/aromatic N) is 1. The normalized spacial score (nSPS) is 10.7. The van der Waals surface area contributed by atoms with Gasteiger partial charge in [-0.1, -0.05) is 69.0 Å². The molecule has 3 rings (SSSR count). The Hall–Kier alpha value is -3.84. The highest BCUT2D eigenvalue weighted by Crippen LogP contribution is 2.17. The molecular weight excluding hydrogens is 410 g/mol. The zero-order valence-corrected chi connectivity index (χ0v) is 19.0. The van der Waals surface area contributed by atoms with E-state index in [1.54, 1.807) is 36.4 Å². The minimum Gasteiger partial charge on any atom is -0.494 e. The maximum Gasteiger partial charge on any atom is 0.343 e. The van der Waals surface area contributed by atoms with Crippen molar-refractivity contribution in [3.8, 4) is 17.6 Å². The minimum absolute atomic E-state index is 0.409. The molecule has 0 bridgehead atoms. The number of benzene rings is 3. The maximum absolute atomic E-state index is 12.3. The number of unbranched alkanes of at least 4 members (excludes halogenated alkanes) is 4. The van der Waals surface area contributed by atoms with Crippen molar-refractivity contribution in [2.24, 2.45) is 0 Å². The van der Waals surface area contributed by atoms with E-state index in [0.717, 1.165) is 29.9 Å². The Bertz CT molecular complexity index is 1080. The molecule has 0 aromatic heterocycles. The molecule has 0 aliphatic heterocycles. The third-order valence-electron chi connectivity index (χ3n) is 5.21. The molecule has 0 spiro atoms. The molecule has 0 amide bonds. The van der Waals surface area contributed by atoms with Gasteiger partial charge in [0.25, 0.3) is 0 Å². The highest BCUT2D eigenvalue weighted by Gasteiger charge is 2.08. The number of hydrogen-bond donors (Lipinski definition) is 0. The highest BCUT2D eigenvalue weighted by atomic mass is 16.5. The average molecular weight is 440 g/mol. The summed E-state index contributed by atoms with van der Waals surface area (Å²) in [4.78, 5) is 12.3. The number of carbonyl (C=O) groups excluding carboxylic acids is 1. The Kier molecular flexibility index (Phi) is 9.29. The summed E-state index contributed by atoms with van der Waals surface area (Å²) < 4.78 is 11.2. The Morgan fingerprint density at radius 2 is 1.36 bits per heavy atom. The lowest BCUT2D eigenvalue weighted by molar-refractivity contribution is 0.0734. The van der Waals surface area contributed by atoms with Gasteiger partial charge in [-0.3, -0.25) is 0 Å². The first-order valence-corrected chi connectivity index (χ1v) is 11.4. The number of rotatable bonds is 11. The fourth-order valence-electron chi connectivity index (χ4n) is 3.26. The summed E-state index contributed by atoms with van der Waals surface area (Å²) >= 11 is 0. The van der Waals surface area contributed by atoms with Crippen molar-refractivity contribution in [2.45, 2.75) is 39.0 Å². The van der Waals surface area contributed by atoms with Crippen LogP contribution in [0.1, 0.15) is 66.1 Å². The van der Waals surface area contributed by atoms with E-state index in [1.807, 2.05) is 54.6 Å². The van der Waals surface area contributed by atoms with E-state index < -0.39 is 5.97 Å². The van der Waals surface area contributed by atoms with Crippen LogP contribution in [0.3, 0.4) is 0 Å². The van der Waals surface area contributed by atoms with Crippen molar-refractivity contribution in [3.63, 3.8) is 0 Å². The van der Waals surface area contributed by atoms with Crippen LogP contribution in [0.2, 0.25) is 0 Å². The molecule has 0 radical (unpaired) electrons. The van der Waals surface area contributed by atoms with E-state index in [1.165, 1.54) is 25.7 Å². The van der Waals surface area contributed by atoms with Crippen LogP contribution in [-0.2, 0) is 0 Å². The predicted octanol–water partition coefficient (Wildman–Crippen LogP) is 7.30. The zero-order valence-electron chi connectivity index (χ0n) is 19.0. The Labute approximate surface area is 196 Å². The van der Waals surface area contributed by atoms with Crippen LogP contribution < -0.4 is 9.47 Å². The van der Waals surface area contributed by atoms with Crippen molar-refractivity contribution in [2.75, 3.05) is 6.61 Å². The molecule has 0 N–H and O–H groups in total. The van der Waals surface area contributed by atoms with E-state index in [4.69, 9.17) is 14.7 Å². The topological polar surface area (TPSA) is 59.3 Å². The zero-order chi connectivity index (χ0) is 23.3. The summed E-state index contributed by atoms with van der Waals surface area (Å²) in [6, 6.07) is 23.8. The summed E-state index contributed by atoms with van der Waals surface area (Å²) in [7, 11) is 0. The van der Waals surface area contributed by atoms with E-state index in [0.29, 0.717) is 16.9 Å². The lowest BCUT2D eigenvalue weighted by Crippen LogP contribution is -2.08. The molecule has 3 aromatic rings. The first kappa shape index (κ1) is 23.8. The van der Waals surface area contributed by atoms with E-state index >= 15 is 0 Å². The first-order chi connectivity index (χ1) is 16.2. The molecule has 4 heteroatoms. The minimum atomic E-state index is -0.434. The fraction of sp³-hybridized carbons (Fsp3) is 0.241. The van der Waals surface area contributed by atoms with Crippen LogP contribution in [-0.4, -0.2) is 12.6 Å². The lowest BCUT2D eigenvalue weighted by atomic mass is 10.1. The molecule has 3 aromatic carbocycles. The van der Waals surface area contributed by atoms with Gasteiger partial charge in [0, 0.05) is 0 Å². The van der Waals surface area contributed by atoms with Crippen molar-refractivity contribution in [1.29, 1.82) is 5.26 Å². The van der Waals surface area contributed by atoms with Crippen molar-refractivity contribution >= 4 is 18.1 Å². The molecule has 0 unspecified atom stereocenters. The van der Waals surface area contributed by atoms with Gasteiger partial charge in [0.05, 0.1) is 23.8 Å². The van der Waals surface area contributed by atoms with Gasteiger partial charge in [0.2, 0.25) is 0 Å². The van der Waals surface area contributed by atoms with Crippen LogP contribution in [0.5, 0.6) is 11.5 Å². The SMILES string of the molecule is CCCCCCCOc1ccc(C=Cc2ccc(C(=O)Oc3ccc(C#N)cc3)cc2)cc1. The summed E-state index contributed by atoms with van der Waals surface area (Å²) in [6.07, 6.45) is 10.2. The van der Waals surface area contributed by atoms with Crippen LogP contribution in [0.4, 0.5) is 0 Å². The van der Waals surface area contributed by atoms with Gasteiger partial charge in [-0.05, 0) is 66.1 Å². The van der Waals surface area contributed by atoms with Gasteiger partial charge in [0.1, 0.15) is 11.5 Å². The molecule has 33 heavy (non-hydrogen) atoms. The van der Waals surface area contributed by atoms with Crippen LogP contribution >= 0.6 is 0 Å². The summed E-state index contributed by atoms with van der Waals surface area (Å²) in [6.45, 7) is 2.98. The molecule has 0 heterocycles. The molecule has 0 fully saturated rings. The molecule has 0 saturated heterocycles. The molecule has 168 valence electrons. The number of hydrogen-bond acceptors (Lipinski definition) is 4. The van der Waals surface area contributed by atoms with E-state index in [9.17, 15) is 4.79 Å². The van der Waals surface area contributed by atoms with Crippen LogP contribution in [0.15, 0.2) is 72.8 Å². The van der Waals surface area contributed by atoms with Gasteiger partial charge in [-0.2, -0.15) is 5.26 Å². The molecular formula is C29H29NO3. The summed E-state index contributed by atoms with van der Waals surface area (Å²) in [5.41, 5.74) is 3.05. The Morgan fingerprint density at radius 3 is 1.97 bits per heavy atom. The number of nitriles is 1. The third kappa shape index (κ3) is 7.97. The smallest absolute Gasteiger partial charge is 0.343 e. The Balaban J connectivity index is 1.48.